The lowest BCUT2D eigenvalue weighted by Crippen LogP contribution is -2.12. The van der Waals surface area contributed by atoms with Gasteiger partial charge in [-0.15, -0.1) is 0 Å². The van der Waals surface area contributed by atoms with Gasteiger partial charge >= 0.3 is 0 Å². The molecule has 5 heteroatoms. The summed E-state index contributed by atoms with van der Waals surface area (Å²) in [5.41, 5.74) is 3.21. The number of nitrogens with one attached hydrogen (secondary N) is 1. The lowest BCUT2D eigenvalue weighted by Gasteiger charge is -2.19. The maximum Gasteiger partial charge on any atom is 0.257 e. The number of fused-ring (bicyclic) bond motifs is 1. The van der Waals surface area contributed by atoms with E-state index in [1.54, 1.807) is 42.5 Å². The first-order valence-corrected chi connectivity index (χ1v) is 10.3. The molecule has 0 saturated carbocycles. The van der Waals surface area contributed by atoms with Crippen molar-refractivity contribution < 1.29 is 9.21 Å². The number of benzene rings is 3. The van der Waals surface area contributed by atoms with Crippen LogP contribution in [0.5, 0.6) is 0 Å². The molecule has 0 aliphatic carbocycles. The highest BCUT2D eigenvalue weighted by Crippen LogP contribution is 2.28. The molecule has 0 atom stereocenters. The van der Waals surface area contributed by atoms with Crippen LogP contribution in [0.2, 0.25) is 5.02 Å². The van der Waals surface area contributed by atoms with Gasteiger partial charge in [0.2, 0.25) is 0 Å². The van der Waals surface area contributed by atoms with Crippen LogP contribution in [0.3, 0.4) is 0 Å². The number of carbonyl (C=O) groups is 1. The molecular weight excluding hydrogens is 410 g/mol. The van der Waals surface area contributed by atoms with Crippen molar-refractivity contribution in [2.75, 3.05) is 5.32 Å². The van der Waals surface area contributed by atoms with Crippen molar-refractivity contribution in [2.45, 2.75) is 26.2 Å². The minimum absolute atomic E-state index is 0.0392. The van der Waals surface area contributed by atoms with Crippen molar-refractivity contribution in [3.05, 3.63) is 99.2 Å². The molecule has 3 aromatic carbocycles. The van der Waals surface area contributed by atoms with Crippen LogP contribution in [0.1, 0.15) is 36.7 Å². The zero-order valence-electron chi connectivity index (χ0n) is 17.5. The largest absolute Gasteiger partial charge is 0.456 e. The predicted molar refractivity (Wildman–Crippen MR) is 126 cm³/mol. The normalized spacial score (nSPS) is 11.5. The Hall–Kier alpha value is -3.37. The molecule has 0 fully saturated rings. The Balaban J connectivity index is 1.69. The van der Waals surface area contributed by atoms with E-state index in [1.165, 1.54) is 11.6 Å². The summed E-state index contributed by atoms with van der Waals surface area (Å²) in [4.78, 5) is 25.2. The van der Waals surface area contributed by atoms with E-state index in [1.807, 2.05) is 24.3 Å². The maximum absolute atomic E-state index is 12.6. The molecule has 156 valence electrons. The van der Waals surface area contributed by atoms with Gasteiger partial charge in [0, 0.05) is 23.4 Å². The molecule has 0 aliphatic rings. The van der Waals surface area contributed by atoms with Crippen molar-refractivity contribution in [2.24, 2.45) is 0 Å². The van der Waals surface area contributed by atoms with Crippen LogP contribution in [-0.2, 0) is 5.41 Å². The molecule has 31 heavy (non-hydrogen) atoms. The summed E-state index contributed by atoms with van der Waals surface area (Å²) in [5.74, 6) is 0.147. The standard InChI is InChI=1S/C26H22ClNO3/c1-26(2,3)17-10-8-16(9-11-17)23-15-22(29)20-13-12-18(14-24(20)31-23)28-25(30)19-6-4-5-7-21(19)27/h4-15H,1-3H3,(H,28,30). The van der Waals surface area contributed by atoms with Gasteiger partial charge in [-0.1, -0.05) is 68.8 Å². The monoisotopic (exact) mass is 431 g/mol. The van der Waals surface area contributed by atoms with Gasteiger partial charge in [0.15, 0.2) is 5.43 Å². The molecule has 4 aromatic rings. The van der Waals surface area contributed by atoms with E-state index in [4.69, 9.17) is 16.0 Å². The smallest absolute Gasteiger partial charge is 0.257 e. The van der Waals surface area contributed by atoms with E-state index in [-0.39, 0.29) is 16.8 Å². The van der Waals surface area contributed by atoms with Gasteiger partial charge in [-0.3, -0.25) is 9.59 Å². The minimum atomic E-state index is -0.332. The Morgan fingerprint density at radius 3 is 2.32 bits per heavy atom. The SMILES string of the molecule is CC(C)(C)c1ccc(-c2cc(=O)c3ccc(NC(=O)c4ccccc4Cl)cc3o2)cc1. The van der Waals surface area contributed by atoms with E-state index in [9.17, 15) is 9.59 Å². The summed E-state index contributed by atoms with van der Waals surface area (Å²) in [7, 11) is 0. The molecule has 1 heterocycles. The predicted octanol–water partition coefficient (Wildman–Crippen LogP) is 6.66. The zero-order chi connectivity index (χ0) is 22.2. The van der Waals surface area contributed by atoms with Crippen molar-refractivity contribution in [1.82, 2.24) is 0 Å². The third-order valence-corrected chi connectivity index (χ3v) is 5.47. The number of amides is 1. The van der Waals surface area contributed by atoms with Gasteiger partial charge in [0.1, 0.15) is 11.3 Å². The first-order valence-electron chi connectivity index (χ1n) is 9.97. The molecule has 1 amide bonds. The average Bonchev–Trinajstić information content (AvgIpc) is 2.73. The van der Waals surface area contributed by atoms with Crippen LogP contribution < -0.4 is 10.7 Å². The van der Waals surface area contributed by atoms with Crippen molar-refractivity contribution in [1.29, 1.82) is 0 Å². The third-order valence-electron chi connectivity index (χ3n) is 5.14. The summed E-state index contributed by atoms with van der Waals surface area (Å²) < 4.78 is 6.03. The second-order valence-corrected chi connectivity index (χ2v) is 8.85. The van der Waals surface area contributed by atoms with Gasteiger partial charge in [0.05, 0.1) is 16.0 Å². The number of halogens is 1. The average molecular weight is 432 g/mol. The van der Waals surface area contributed by atoms with Crippen molar-refractivity contribution in [3.8, 4) is 11.3 Å². The Morgan fingerprint density at radius 1 is 0.935 bits per heavy atom. The fourth-order valence-electron chi connectivity index (χ4n) is 3.35. The summed E-state index contributed by atoms with van der Waals surface area (Å²) in [6, 6.07) is 21.3. The molecule has 0 radical (unpaired) electrons. The van der Waals surface area contributed by atoms with Gasteiger partial charge in [0.25, 0.3) is 5.91 Å². The van der Waals surface area contributed by atoms with Gasteiger partial charge in [-0.2, -0.15) is 0 Å². The molecule has 0 bridgehead atoms. The zero-order valence-corrected chi connectivity index (χ0v) is 18.3. The first-order chi connectivity index (χ1) is 14.7. The highest BCUT2D eigenvalue weighted by atomic mass is 35.5. The summed E-state index contributed by atoms with van der Waals surface area (Å²) in [6.07, 6.45) is 0. The topological polar surface area (TPSA) is 59.3 Å². The molecule has 4 nitrogen and oxygen atoms in total. The number of hydrogen-bond donors (Lipinski definition) is 1. The van der Waals surface area contributed by atoms with E-state index in [0.717, 1.165) is 5.56 Å². The third kappa shape index (κ3) is 4.39. The lowest BCUT2D eigenvalue weighted by atomic mass is 9.86. The molecule has 0 aliphatic heterocycles. The van der Waals surface area contributed by atoms with Gasteiger partial charge < -0.3 is 9.73 Å². The number of carbonyl (C=O) groups excluding carboxylic acids is 1. The number of anilines is 1. The first kappa shape index (κ1) is 20.9. The highest BCUT2D eigenvalue weighted by Gasteiger charge is 2.15. The Bertz CT molecular complexity index is 1330. The molecular formula is C26H22ClNO3. The van der Waals surface area contributed by atoms with Crippen LogP contribution in [0.25, 0.3) is 22.3 Å². The number of hydrogen-bond acceptors (Lipinski definition) is 3. The lowest BCUT2D eigenvalue weighted by molar-refractivity contribution is 0.102. The summed E-state index contributed by atoms with van der Waals surface area (Å²) in [5, 5.41) is 3.63. The molecule has 0 saturated heterocycles. The minimum Gasteiger partial charge on any atom is -0.456 e. The van der Waals surface area contributed by atoms with Crippen LogP contribution in [0.15, 0.2) is 82.0 Å². The molecule has 0 unspecified atom stereocenters. The van der Waals surface area contributed by atoms with Crippen LogP contribution >= 0.6 is 11.6 Å². The number of rotatable bonds is 3. The maximum atomic E-state index is 12.6. The molecule has 1 N–H and O–H groups in total. The highest BCUT2D eigenvalue weighted by molar-refractivity contribution is 6.34. The van der Waals surface area contributed by atoms with Crippen LogP contribution in [0.4, 0.5) is 5.69 Å². The Labute approximate surface area is 185 Å². The van der Waals surface area contributed by atoms with E-state index < -0.39 is 0 Å². The van der Waals surface area contributed by atoms with E-state index in [2.05, 4.69) is 26.1 Å². The van der Waals surface area contributed by atoms with Crippen molar-refractivity contribution >= 4 is 34.2 Å². The molecule has 4 rings (SSSR count). The fourth-order valence-corrected chi connectivity index (χ4v) is 3.57. The summed E-state index contributed by atoms with van der Waals surface area (Å²) >= 11 is 6.11. The van der Waals surface area contributed by atoms with Crippen LogP contribution in [0, 0.1) is 0 Å². The van der Waals surface area contributed by atoms with E-state index in [0.29, 0.717) is 33.0 Å². The van der Waals surface area contributed by atoms with E-state index >= 15 is 0 Å². The Morgan fingerprint density at radius 2 is 1.65 bits per heavy atom. The van der Waals surface area contributed by atoms with Gasteiger partial charge in [-0.25, -0.2) is 0 Å². The fraction of sp³-hybridized carbons (Fsp3) is 0.154. The Kier molecular flexibility index (Phi) is 5.42. The molecule has 1 aromatic heterocycles. The summed E-state index contributed by atoms with van der Waals surface area (Å²) in [6.45, 7) is 6.45. The van der Waals surface area contributed by atoms with Crippen LogP contribution in [-0.4, -0.2) is 5.91 Å². The quantitative estimate of drug-likeness (QED) is 0.394. The van der Waals surface area contributed by atoms with Gasteiger partial charge in [-0.05, 0) is 35.2 Å². The molecule has 0 spiro atoms. The van der Waals surface area contributed by atoms with Crippen molar-refractivity contribution in [3.63, 3.8) is 0 Å². The second kappa shape index (κ2) is 8.05. The second-order valence-electron chi connectivity index (χ2n) is 8.45.